The molecule has 0 bridgehead atoms. The summed E-state index contributed by atoms with van der Waals surface area (Å²) in [7, 11) is 0. The molecule has 2 aromatic heterocycles. The second-order valence-corrected chi connectivity index (χ2v) is 8.20. The van der Waals surface area contributed by atoms with E-state index in [1.165, 1.54) is 39.6 Å². The lowest BCUT2D eigenvalue weighted by atomic mass is 9.93. The summed E-state index contributed by atoms with van der Waals surface area (Å²) in [5.41, 5.74) is 1.41. The first-order valence-electron chi connectivity index (χ1n) is 7.16. The molecular weight excluding hydrogens is 308 g/mol. The van der Waals surface area contributed by atoms with Gasteiger partial charge in [-0.15, -0.1) is 22.7 Å². The molecule has 1 aliphatic carbocycles. The van der Waals surface area contributed by atoms with Gasteiger partial charge in [-0.25, -0.2) is 4.98 Å². The zero-order valence-electron chi connectivity index (χ0n) is 11.8. The minimum Gasteiger partial charge on any atom is -0.301 e. The molecule has 0 aromatic carbocycles. The van der Waals surface area contributed by atoms with Crippen molar-refractivity contribution in [2.75, 3.05) is 0 Å². The lowest BCUT2D eigenvalue weighted by molar-refractivity contribution is 0.417. The van der Waals surface area contributed by atoms with Crippen LogP contribution in [0.5, 0.6) is 0 Å². The molecule has 0 saturated carbocycles. The highest BCUT2D eigenvalue weighted by Crippen LogP contribution is 2.39. The molecule has 2 atom stereocenters. The summed E-state index contributed by atoms with van der Waals surface area (Å²) in [4.78, 5) is 7.36. The fraction of sp³-hybridized carbons (Fsp3) is 0.533. The van der Waals surface area contributed by atoms with E-state index in [1.807, 2.05) is 17.5 Å². The van der Waals surface area contributed by atoms with Crippen molar-refractivity contribution in [1.29, 1.82) is 0 Å². The van der Waals surface area contributed by atoms with E-state index in [1.54, 1.807) is 11.3 Å². The monoisotopic (exact) mass is 326 g/mol. The molecule has 1 N–H and O–H groups in total. The number of fused-ring (bicyclic) bond motifs is 1. The lowest BCUT2D eigenvalue weighted by Crippen LogP contribution is -2.26. The van der Waals surface area contributed by atoms with Crippen molar-refractivity contribution in [3.05, 3.63) is 36.9 Å². The summed E-state index contributed by atoms with van der Waals surface area (Å²) in [6.07, 6.45) is 6.68. The van der Waals surface area contributed by atoms with E-state index in [-0.39, 0.29) is 0 Å². The van der Waals surface area contributed by atoms with E-state index < -0.39 is 0 Å². The number of aryl methyl sites for hydroxylation is 2. The smallest absolute Gasteiger partial charge is 0.109 e. The molecule has 0 aliphatic heterocycles. The predicted octanol–water partition coefficient (Wildman–Crippen LogP) is 5.15. The Kier molecular flexibility index (Phi) is 4.46. The Labute approximate surface area is 133 Å². The van der Waals surface area contributed by atoms with E-state index in [2.05, 4.69) is 30.2 Å². The van der Waals surface area contributed by atoms with Crippen molar-refractivity contribution in [2.45, 2.75) is 51.6 Å². The topological polar surface area (TPSA) is 24.9 Å². The van der Waals surface area contributed by atoms with Gasteiger partial charge in [-0.2, -0.15) is 0 Å². The Hall–Kier alpha value is -0.420. The van der Waals surface area contributed by atoms with Gasteiger partial charge in [0.15, 0.2) is 0 Å². The predicted molar refractivity (Wildman–Crippen MR) is 88.1 cm³/mol. The number of rotatable bonds is 4. The van der Waals surface area contributed by atoms with Gasteiger partial charge in [0.25, 0.3) is 0 Å². The molecule has 0 amide bonds. The Morgan fingerprint density at radius 3 is 3.10 bits per heavy atom. The van der Waals surface area contributed by atoms with E-state index >= 15 is 0 Å². The summed E-state index contributed by atoms with van der Waals surface area (Å²) in [5, 5.41) is 4.93. The number of aromatic nitrogens is 1. The van der Waals surface area contributed by atoms with E-state index in [0.717, 1.165) is 10.8 Å². The maximum Gasteiger partial charge on any atom is 0.109 e. The molecule has 2 heterocycles. The molecule has 1 aliphatic rings. The first kappa shape index (κ1) is 14.5. The largest absolute Gasteiger partial charge is 0.301 e. The summed E-state index contributed by atoms with van der Waals surface area (Å²) in [5.74, 6) is 0. The molecular formula is C15H19ClN2S2. The first-order chi connectivity index (χ1) is 9.67. The highest BCUT2D eigenvalue weighted by molar-refractivity contribution is 7.16. The van der Waals surface area contributed by atoms with Crippen LogP contribution in [0.2, 0.25) is 4.34 Å². The zero-order chi connectivity index (χ0) is 14.1. The number of nitrogens with one attached hydrogen (secondary N) is 1. The maximum absolute atomic E-state index is 6.17. The molecule has 3 rings (SSSR count). The van der Waals surface area contributed by atoms with Crippen molar-refractivity contribution in [1.82, 2.24) is 10.3 Å². The molecule has 2 unspecified atom stereocenters. The average Bonchev–Trinajstić information content (AvgIpc) is 3.04. The molecule has 2 nitrogen and oxygen atoms in total. The Morgan fingerprint density at radius 1 is 1.50 bits per heavy atom. The molecule has 20 heavy (non-hydrogen) atoms. The van der Waals surface area contributed by atoms with Crippen LogP contribution in [0.1, 0.15) is 59.1 Å². The van der Waals surface area contributed by atoms with Crippen molar-refractivity contribution in [2.24, 2.45) is 0 Å². The second-order valence-electron chi connectivity index (χ2n) is 5.28. The minimum absolute atomic E-state index is 0.301. The number of thiazole rings is 1. The third kappa shape index (κ3) is 2.93. The highest BCUT2D eigenvalue weighted by Gasteiger charge is 2.24. The van der Waals surface area contributed by atoms with Crippen LogP contribution in [0.15, 0.2) is 12.3 Å². The molecule has 2 aromatic rings. The Balaban J connectivity index is 1.74. The van der Waals surface area contributed by atoms with E-state index in [4.69, 9.17) is 11.6 Å². The average molecular weight is 327 g/mol. The van der Waals surface area contributed by atoms with Crippen LogP contribution in [-0.2, 0) is 12.8 Å². The minimum atomic E-state index is 0.301. The molecule has 5 heteroatoms. The Morgan fingerprint density at radius 2 is 2.35 bits per heavy atom. The number of halogens is 1. The highest BCUT2D eigenvalue weighted by atomic mass is 35.5. The van der Waals surface area contributed by atoms with Gasteiger partial charge in [0.1, 0.15) is 5.01 Å². The third-order valence-corrected chi connectivity index (χ3v) is 6.49. The third-order valence-electron chi connectivity index (χ3n) is 3.83. The van der Waals surface area contributed by atoms with Gasteiger partial charge in [-0.05, 0) is 44.2 Å². The van der Waals surface area contributed by atoms with Gasteiger partial charge in [-0.1, -0.05) is 18.5 Å². The number of hydrogen-bond acceptors (Lipinski definition) is 4. The van der Waals surface area contributed by atoms with Gasteiger partial charge < -0.3 is 5.32 Å². The van der Waals surface area contributed by atoms with Gasteiger partial charge in [0, 0.05) is 22.0 Å². The van der Waals surface area contributed by atoms with Crippen molar-refractivity contribution in [3.63, 3.8) is 0 Å². The molecule has 0 radical (unpaired) electrons. The SMILES string of the molecule is CCc1cnc(C(C)NC2CCCc3sc(Cl)cc32)s1. The fourth-order valence-electron chi connectivity index (χ4n) is 2.75. The second kappa shape index (κ2) is 6.14. The van der Waals surface area contributed by atoms with E-state index in [9.17, 15) is 0 Å². The van der Waals surface area contributed by atoms with Crippen LogP contribution in [0.3, 0.4) is 0 Å². The molecule has 0 fully saturated rings. The molecule has 0 saturated heterocycles. The number of hydrogen-bond donors (Lipinski definition) is 1. The maximum atomic E-state index is 6.17. The number of thiophene rings is 1. The standard InChI is InChI=1S/C15H19ClN2S2/c1-3-10-8-17-15(19-10)9(2)18-12-5-4-6-13-11(12)7-14(16)20-13/h7-9,12,18H,3-6H2,1-2H3. The number of nitrogens with zero attached hydrogens (tertiary/aromatic N) is 1. The van der Waals surface area contributed by atoms with Crippen LogP contribution in [0.4, 0.5) is 0 Å². The zero-order valence-corrected chi connectivity index (χ0v) is 14.2. The fourth-order valence-corrected chi connectivity index (χ4v) is 5.01. The van der Waals surface area contributed by atoms with Crippen LogP contribution in [0, 0.1) is 0 Å². The first-order valence-corrected chi connectivity index (χ1v) is 9.17. The molecule has 0 spiro atoms. The lowest BCUT2D eigenvalue weighted by Gasteiger charge is -2.26. The van der Waals surface area contributed by atoms with Crippen LogP contribution >= 0.6 is 34.3 Å². The van der Waals surface area contributed by atoms with Gasteiger partial charge >= 0.3 is 0 Å². The van der Waals surface area contributed by atoms with Gasteiger partial charge in [0.05, 0.1) is 10.4 Å². The van der Waals surface area contributed by atoms with Crippen molar-refractivity contribution in [3.8, 4) is 0 Å². The van der Waals surface area contributed by atoms with Crippen LogP contribution in [-0.4, -0.2) is 4.98 Å². The van der Waals surface area contributed by atoms with Gasteiger partial charge in [0.2, 0.25) is 0 Å². The normalized spacial score (nSPS) is 19.9. The summed E-state index contributed by atoms with van der Waals surface area (Å²) < 4.78 is 0.916. The Bertz CT molecular complexity index is 590. The van der Waals surface area contributed by atoms with Crippen LogP contribution < -0.4 is 5.32 Å². The van der Waals surface area contributed by atoms with Crippen molar-refractivity contribution >= 4 is 34.3 Å². The van der Waals surface area contributed by atoms with E-state index in [0.29, 0.717) is 12.1 Å². The van der Waals surface area contributed by atoms with Crippen LogP contribution in [0.25, 0.3) is 0 Å². The molecule has 108 valence electrons. The van der Waals surface area contributed by atoms with Crippen molar-refractivity contribution < 1.29 is 0 Å². The summed E-state index contributed by atoms with van der Waals surface area (Å²) in [6.45, 7) is 4.39. The summed E-state index contributed by atoms with van der Waals surface area (Å²) >= 11 is 9.73. The quantitative estimate of drug-likeness (QED) is 0.840. The summed E-state index contributed by atoms with van der Waals surface area (Å²) in [6, 6.07) is 2.87. The van der Waals surface area contributed by atoms with Gasteiger partial charge in [-0.3, -0.25) is 0 Å².